The molecule has 0 unspecified atom stereocenters. The lowest BCUT2D eigenvalue weighted by Crippen LogP contribution is -2.54. The Morgan fingerprint density at radius 2 is 2.14 bits per heavy atom. The number of carbonyl (C=O) groups excluding carboxylic acids is 1. The zero-order valence-corrected chi connectivity index (χ0v) is 12.5. The first kappa shape index (κ1) is 15.2. The highest BCUT2D eigenvalue weighted by Gasteiger charge is 2.44. The number of halogens is 1. The van der Waals surface area contributed by atoms with Gasteiger partial charge in [0.15, 0.2) is 6.61 Å². The summed E-state index contributed by atoms with van der Waals surface area (Å²) in [5.74, 6) is 0.0892. The standard InChI is InChI=1S/C16H20FNO4/c1-20-14-7-6-13-16(14)21-9-8-18(13)15(19)10-22-12-4-2-11(17)3-5-12/h2-5,13-14,16H,6-10H2,1H3/t13-,14+,16+/m0/s1. The van der Waals surface area contributed by atoms with Gasteiger partial charge in [-0.25, -0.2) is 4.39 Å². The fourth-order valence-corrected chi connectivity index (χ4v) is 3.24. The molecule has 6 heteroatoms. The molecule has 1 aromatic carbocycles. The molecule has 0 spiro atoms. The van der Waals surface area contributed by atoms with Crippen LogP contribution in [0.3, 0.4) is 0 Å². The van der Waals surface area contributed by atoms with Gasteiger partial charge in [0, 0.05) is 13.7 Å². The summed E-state index contributed by atoms with van der Waals surface area (Å²) in [6, 6.07) is 5.71. The van der Waals surface area contributed by atoms with Gasteiger partial charge in [-0.1, -0.05) is 0 Å². The van der Waals surface area contributed by atoms with Crippen molar-refractivity contribution >= 4 is 5.91 Å². The van der Waals surface area contributed by atoms with Gasteiger partial charge in [0.25, 0.3) is 5.91 Å². The highest BCUT2D eigenvalue weighted by atomic mass is 19.1. The lowest BCUT2D eigenvalue weighted by molar-refractivity contribution is -0.151. The number of fused-ring (bicyclic) bond motifs is 1. The highest BCUT2D eigenvalue weighted by Crippen LogP contribution is 2.31. The van der Waals surface area contributed by atoms with Gasteiger partial charge in [-0.05, 0) is 37.1 Å². The Balaban J connectivity index is 1.58. The monoisotopic (exact) mass is 309 g/mol. The smallest absolute Gasteiger partial charge is 0.260 e. The normalized spacial score (nSPS) is 27.5. The molecule has 1 heterocycles. The lowest BCUT2D eigenvalue weighted by Gasteiger charge is -2.38. The number of hydrogen-bond acceptors (Lipinski definition) is 4. The summed E-state index contributed by atoms with van der Waals surface area (Å²) in [6.45, 7) is 1.04. The van der Waals surface area contributed by atoms with Crippen LogP contribution >= 0.6 is 0 Å². The molecule has 22 heavy (non-hydrogen) atoms. The van der Waals surface area contributed by atoms with Crippen molar-refractivity contribution < 1.29 is 23.4 Å². The van der Waals surface area contributed by atoms with Crippen LogP contribution in [-0.2, 0) is 14.3 Å². The maximum Gasteiger partial charge on any atom is 0.260 e. The van der Waals surface area contributed by atoms with Crippen molar-refractivity contribution in [2.45, 2.75) is 31.1 Å². The third-order valence-corrected chi connectivity index (χ3v) is 4.33. The van der Waals surface area contributed by atoms with Crippen molar-refractivity contribution in [3.05, 3.63) is 30.1 Å². The van der Waals surface area contributed by atoms with Crippen molar-refractivity contribution in [3.63, 3.8) is 0 Å². The van der Waals surface area contributed by atoms with Crippen molar-refractivity contribution in [3.8, 4) is 5.75 Å². The van der Waals surface area contributed by atoms with Crippen molar-refractivity contribution in [1.29, 1.82) is 0 Å². The average molecular weight is 309 g/mol. The molecule has 120 valence electrons. The summed E-state index contributed by atoms with van der Waals surface area (Å²) in [6.07, 6.45) is 1.78. The predicted molar refractivity (Wildman–Crippen MR) is 77.2 cm³/mol. The fraction of sp³-hybridized carbons (Fsp3) is 0.562. The molecule has 1 aliphatic carbocycles. The topological polar surface area (TPSA) is 48.0 Å². The van der Waals surface area contributed by atoms with Gasteiger partial charge in [0.2, 0.25) is 0 Å². The van der Waals surface area contributed by atoms with E-state index in [2.05, 4.69) is 0 Å². The zero-order valence-electron chi connectivity index (χ0n) is 12.5. The molecule has 0 radical (unpaired) electrons. The summed E-state index contributed by atoms with van der Waals surface area (Å²) in [7, 11) is 1.68. The second-order valence-electron chi connectivity index (χ2n) is 5.58. The summed E-state index contributed by atoms with van der Waals surface area (Å²) >= 11 is 0. The predicted octanol–water partition coefficient (Wildman–Crippen LogP) is 1.61. The molecule has 0 N–H and O–H groups in total. The van der Waals surface area contributed by atoms with E-state index < -0.39 is 0 Å². The van der Waals surface area contributed by atoms with E-state index in [0.717, 1.165) is 12.8 Å². The van der Waals surface area contributed by atoms with Crippen molar-refractivity contribution in [1.82, 2.24) is 4.90 Å². The molecule has 1 saturated heterocycles. The first-order valence-corrected chi connectivity index (χ1v) is 7.51. The SMILES string of the molecule is CO[C@@H]1CC[C@H]2[C@H]1OCCN2C(=O)COc1ccc(F)cc1. The Hall–Kier alpha value is -1.66. The van der Waals surface area contributed by atoms with Crippen LogP contribution in [0.1, 0.15) is 12.8 Å². The number of methoxy groups -OCH3 is 1. The second kappa shape index (κ2) is 6.62. The highest BCUT2D eigenvalue weighted by molar-refractivity contribution is 5.78. The number of hydrogen-bond donors (Lipinski definition) is 0. The quantitative estimate of drug-likeness (QED) is 0.848. The first-order chi connectivity index (χ1) is 10.7. The van der Waals surface area contributed by atoms with Gasteiger partial charge in [-0.3, -0.25) is 4.79 Å². The van der Waals surface area contributed by atoms with Gasteiger partial charge in [-0.2, -0.15) is 0 Å². The number of carbonyl (C=O) groups is 1. The van der Waals surface area contributed by atoms with Crippen LogP contribution in [0.5, 0.6) is 5.75 Å². The van der Waals surface area contributed by atoms with E-state index in [1.54, 1.807) is 7.11 Å². The van der Waals surface area contributed by atoms with Crippen LogP contribution in [0, 0.1) is 5.82 Å². The Morgan fingerprint density at radius 1 is 1.36 bits per heavy atom. The van der Waals surface area contributed by atoms with Crippen molar-refractivity contribution in [2.75, 3.05) is 26.9 Å². The third-order valence-electron chi connectivity index (χ3n) is 4.33. The number of benzene rings is 1. The number of ether oxygens (including phenoxy) is 3. The lowest BCUT2D eigenvalue weighted by atomic mass is 10.1. The van der Waals surface area contributed by atoms with E-state index in [1.807, 2.05) is 4.90 Å². The number of nitrogens with zero attached hydrogens (tertiary/aromatic N) is 1. The van der Waals surface area contributed by atoms with E-state index in [4.69, 9.17) is 14.2 Å². The van der Waals surface area contributed by atoms with Gasteiger partial charge in [0.05, 0.1) is 18.8 Å². The molecule has 2 aliphatic rings. The molecule has 2 fully saturated rings. The van der Waals surface area contributed by atoms with Crippen LogP contribution in [0.4, 0.5) is 4.39 Å². The van der Waals surface area contributed by atoms with Gasteiger partial charge in [-0.15, -0.1) is 0 Å². The van der Waals surface area contributed by atoms with Crippen LogP contribution in [0.2, 0.25) is 0 Å². The minimum absolute atomic E-state index is 0.0477. The molecule has 1 saturated carbocycles. The maximum atomic E-state index is 12.8. The zero-order chi connectivity index (χ0) is 15.5. The number of rotatable bonds is 4. The van der Waals surface area contributed by atoms with Gasteiger partial charge < -0.3 is 19.1 Å². The average Bonchev–Trinajstić information content (AvgIpc) is 2.97. The van der Waals surface area contributed by atoms with E-state index in [0.29, 0.717) is 18.9 Å². The van der Waals surface area contributed by atoms with E-state index in [9.17, 15) is 9.18 Å². The van der Waals surface area contributed by atoms with Crippen molar-refractivity contribution in [2.24, 2.45) is 0 Å². The Morgan fingerprint density at radius 3 is 2.86 bits per heavy atom. The molecule has 3 atom stereocenters. The molecule has 1 amide bonds. The van der Waals surface area contributed by atoms with Gasteiger partial charge >= 0.3 is 0 Å². The molecule has 1 aromatic rings. The van der Waals surface area contributed by atoms with Gasteiger partial charge in [0.1, 0.15) is 17.7 Å². The first-order valence-electron chi connectivity index (χ1n) is 7.51. The molecular formula is C16H20FNO4. The van der Waals surface area contributed by atoms with Crippen LogP contribution in [0.15, 0.2) is 24.3 Å². The third kappa shape index (κ3) is 3.08. The summed E-state index contributed by atoms with van der Waals surface area (Å²) in [4.78, 5) is 14.2. The molecule has 1 aliphatic heterocycles. The maximum absolute atomic E-state index is 12.8. The Bertz CT molecular complexity index is 521. The Labute approximate surface area is 128 Å². The van der Waals surface area contributed by atoms with E-state index in [1.165, 1.54) is 24.3 Å². The van der Waals surface area contributed by atoms with Crippen LogP contribution in [-0.4, -0.2) is 55.9 Å². The largest absolute Gasteiger partial charge is 0.484 e. The molecular weight excluding hydrogens is 289 g/mol. The molecule has 3 rings (SSSR count). The van der Waals surface area contributed by atoms with E-state index in [-0.39, 0.29) is 36.6 Å². The number of amides is 1. The minimum Gasteiger partial charge on any atom is -0.484 e. The minimum atomic E-state index is -0.328. The van der Waals surface area contributed by atoms with E-state index >= 15 is 0 Å². The second-order valence-corrected chi connectivity index (χ2v) is 5.58. The van der Waals surface area contributed by atoms with Crippen LogP contribution < -0.4 is 4.74 Å². The summed E-state index contributed by atoms with van der Waals surface area (Å²) < 4.78 is 29.5. The molecule has 5 nitrogen and oxygen atoms in total. The Kier molecular flexibility index (Phi) is 4.59. The van der Waals surface area contributed by atoms with Crippen LogP contribution in [0.25, 0.3) is 0 Å². The molecule has 0 aromatic heterocycles. The fourth-order valence-electron chi connectivity index (χ4n) is 3.24. The molecule has 0 bridgehead atoms. The number of morpholine rings is 1. The summed E-state index contributed by atoms with van der Waals surface area (Å²) in [5, 5.41) is 0. The summed E-state index contributed by atoms with van der Waals surface area (Å²) in [5.41, 5.74) is 0.